The number of halogens is 2. The topological polar surface area (TPSA) is 12.0 Å². The second-order valence-electron chi connectivity index (χ2n) is 5.05. The summed E-state index contributed by atoms with van der Waals surface area (Å²) in [4.78, 5) is 0. The van der Waals surface area contributed by atoms with Crippen molar-refractivity contribution < 1.29 is 0 Å². The van der Waals surface area contributed by atoms with Crippen molar-refractivity contribution in [3.8, 4) is 0 Å². The quantitative estimate of drug-likeness (QED) is 0.716. The van der Waals surface area contributed by atoms with Gasteiger partial charge in [0.05, 0.1) is 6.04 Å². The van der Waals surface area contributed by atoms with Crippen molar-refractivity contribution >= 4 is 31.9 Å². The largest absolute Gasteiger partial charge is 0.307 e. The number of aryl methyl sites for hydroxylation is 2. The summed E-state index contributed by atoms with van der Waals surface area (Å²) in [5.41, 5.74) is 5.22. The molecule has 2 aromatic rings. The minimum atomic E-state index is 0.216. The minimum absolute atomic E-state index is 0.216. The summed E-state index contributed by atoms with van der Waals surface area (Å²) in [5, 5.41) is 3.60. The van der Waals surface area contributed by atoms with Crippen molar-refractivity contribution in [3.63, 3.8) is 0 Å². The van der Waals surface area contributed by atoms with Gasteiger partial charge in [-0.2, -0.15) is 0 Å². The fourth-order valence-corrected chi connectivity index (χ4v) is 3.75. The molecule has 2 rings (SSSR count). The minimum Gasteiger partial charge on any atom is -0.307 e. The van der Waals surface area contributed by atoms with Crippen molar-refractivity contribution in [1.29, 1.82) is 0 Å². The van der Waals surface area contributed by atoms with Crippen LogP contribution in [0.3, 0.4) is 0 Å². The molecule has 0 spiro atoms. The van der Waals surface area contributed by atoms with Gasteiger partial charge < -0.3 is 5.32 Å². The van der Waals surface area contributed by atoms with Gasteiger partial charge in [-0.15, -0.1) is 0 Å². The Labute approximate surface area is 138 Å². The van der Waals surface area contributed by atoms with Crippen molar-refractivity contribution in [1.82, 2.24) is 5.32 Å². The Bertz CT molecular complexity index is 588. The first-order chi connectivity index (χ1) is 9.51. The van der Waals surface area contributed by atoms with Crippen LogP contribution < -0.4 is 5.32 Å². The van der Waals surface area contributed by atoms with Gasteiger partial charge in [0.2, 0.25) is 0 Å². The first kappa shape index (κ1) is 15.7. The molecule has 1 nitrogen and oxygen atoms in total. The van der Waals surface area contributed by atoms with Gasteiger partial charge in [0.25, 0.3) is 0 Å². The highest BCUT2D eigenvalue weighted by molar-refractivity contribution is 9.11. The van der Waals surface area contributed by atoms with Gasteiger partial charge in [0.1, 0.15) is 0 Å². The Morgan fingerprint density at radius 3 is 2.25 bits per heavy atom. The fourth-order valence-electron chi connectivity index (χ4n) is 2.42. The Morgan fingerprint density at radius 2 is 1.65 bits per heavy atom. The standard InChI is InChI=1S/C17H19Br2N/c1-4-20-17(13-8-14(18)10-15(19)9-13)16-7-11(2)5-6-12(16)3/h5-10,17,20H,4H2,1-3H3. The van der Waals surface area contributed by atoms with E-state index in [2.05, 4.69) is 94.3 Å². The Morgan fingerprint density at radius 1 is 1.00 bits per heavy atom. The second kappa shape index (κ2) is 6.88. The number of rotatable bonds is 4. The van der Waals surface area contributed by atoms with E-state index in [1.807, 2.05) is 0 Å². The van der Waals surface area contributed by atoms with Crippen LogP contribution in [0.2, 0.25) is 0 Å². The predicted molar refractivity (Wildman–Crippen MR) is 93.3 cm³/mol. The van der Waals surface area contributed by atoms with Crippen LogP contribution in [-0.2, 0) is 0 Å². The SMILES string of the molecule is CCNC(c1cc(Br)cc(Br)c1)c1cc(C)ccc1C. The monoisotopic (exact) mass is 395 g/mol. The van der Waals surface area contributed by atoms with Crippen LogP contribution in [0.4, 0.5) is 0 Å². The van der Waals surface area contributed by atoms with E-state index in [-0.39, 0.29) is 6.04 Å². The molecule has 1 atom stereocenters. The summed E-state index contributed by atoms with van der Waals surface area (Å²) in [5.74, 6) is 0. The van der Waals surface area contributed by atoms with Gasteiger partial charge in [0, 0.05) is 8.95 Å². The molecule has 20 heavy (non-hydrogen) atoms. The summed E-state index contributed by atoms with van der Waals surface area (Å²) in [6.45, 7) is 7.39. The molecule has 1 N–H and O–H groups in total. The van der Waals surface area contributed by atoms with E-state index < -0.39 is 0 Å². The highest BCUT2D eigenvalue weighted by Crippen LogP contribution is 2.30. The van der Waals surface area contributed by atoms with Gasteiger partial charge in [-0.05, 0) is 55.3 Å². The lowest BCUT2D eigenvalue weighted by molar-refractivity contribution is 0.627. The molecule has 1 unspecified atom stereocenters. The molecule has 0 aromatic heterocycles. The molecule has 0 amide bonds. The van der Waals surface area contributed by atoms with Crippen LogP contribution >= 0.6 is 31.9 Å². The molecule has 2 aromatic carbocycles. The van der Waals surface area contributed by atoms with E-state index in [1.165, 1.54) is 22.3 Å². The summed E-state index contributed by atoms with van der Waals surface area (Å²) in [7, 11) is 0. The summed E-state index contributed by atoms with van der Waals surface area (Å²) < 4.78 is 2.19. The molecule has 0 heterocycles. The van der Waals surface area contributed by atoms with Gasteiger partial charge in [-0.1, -0.05) is 62.5 Å². The molecular weight excluding hydrogens is 378 g/mol. The Kier molecular flexibility index (Phi) is 5.42. The molecule has 0 fully saturated rings. The van der Waals surface area contributed by atoms with Gasteiger partial charge >= 0.3 is 0 Å². The summed E-state index contributed by atoms with van der Waals surface area (Å²) in [6.07, 6.45) is 0. The molecule has 0 radical (unpaired) electrons. The van der Waals surface area contributed by atoms with Crippen molar-refractivity contribution in [3.05, 3.63) is 67.6 Å². The molecule has 106 valence electrons. The van der Waals surface area contributed by atoms with Crippen LogP contribution in [0.1, 0.15) is 35.2 Å². The number of benzene rings is 2. The summed E-state index contributed by atoms with van der Waals surface area (Å²) in [6, 6.07) is 13.3. The lowest BCUT2D eigenvalue weighted by Gasteiger charge is -2.22. The highest BCUT2D eigenvalue weighted by atomic mass is 79.9. The first-order valence-electron chi connectivity index (χ1n) is 6.77. The molecule has 0 bridgehead atoms. The third kappa shape index (κ3) is 3.72. The average Bonchev–Trinajstić information content (AvgIpc) is 2.38. The number of hydrogen-bond donors (Lipinski definition) is 1. The predicted octanol–water partition coefficient (Wildman–Crippen LogP) is 5.53. The molecule has 3 heteroatoms. The normalized spacial score (nSPS) is 12.4. The van der Waals surface area contributed by atoms with E-state index in [9.17, 15) is 0 Å². The number of nitrogens with one attached hydrogen (secondary N) is 1. The molecular formula is C17H19Br2N. The van der Waals surface area contributed by atoms with Gasteiger partial charge in [-0.3, -0.25) is 0 Å². The van der Waals surface area contributed by atoms with Crippen molar-refractivity contribution in [2.24, 2.45) is 0 Å². The fraction of sp³-hybridized carbons (Fsp3) is 0.294. The second-order valence-corrected chi connectivity index (χ2v) is 6.88. The third-order valence-electron chi connectivity index (χ3n) is 3.37. The Hall–Kier alpha value is -0.640. The highest BCUT2D eigenvalue weighted by Gasteiger charge is 2.16. The molecule has 0 aliphatic heterocycles. The molecule has 0 saturated heterocycles. The van der Waals surface area contributed by atoms with E-state index in [1.54, 1.807) is 0 Å². The average molecular weight is 397 g/mol. The van der Waals surface area contributed by atoms with Crippen LogP contribution in [-0.4, -0.2) is 6.54 Å². The lowest BCUT2D eigenvalue weighted by Crippen LogP contribution is -2.23. The van der Waals surface area contributed by atoms with Crippen molar-refractivity contribution in [2.45, 2.75) is 26.8 Å². The number of hydrogen-bond acceptors (Lipinski definition) is 1. The smallest absolute Gasteiger partial charge is 0.0580 e. The zero-order chi connectivity index (χ0) is 14.7. The van der Waals surface area contributed by atoms with Crippen molar-refractivity contribution in [2.75, 3.05) is 6.54 Å². The van der Waals surface area contributed by atoms with Crippen LogP contribution in [0.15, 0.2) is 45.3 Å². The maximum atomic E-state index is 3.60. The third-order valence-corrected chi connectivity index (χ3v) is 4.29. The van der Waals surface area contributed by atoms with Crippen LogP contribution in [0.5, 0.6) is 0 Å². The van der Waals surface area contributed by atoms with E-state index in [4.69, 9.17) is 0 Å². The Balaban J connectivity index is 2.52. The lowest BCUT2D eigenvalue weighted by atomic mass is 9.93. The zero-order valence-corrected chi connectivity index (χ0v) is 15.2. The van der Waals surface area contributed by atoms with Crippen LogP contribution in [0, 0.1) is 13.8 Å². The zero-order valence-electron chi connectivity index (χ0n) is 12.0. The van der Waals surface area contributed by atoms with E-state index >= 15 is 0 Å². The van der Waals surface area contributed by atoms with Gasteiger partial charge in [0.15, 0.2) is 0 Å². The van der Waals surface area contributed by atoms with E-state index in [0.29, 0.717) is 0 Å². The molecule has 0 aliphatic rings. The maximum Gasteiger partial charge on any atom is 0.0580 e. The van der Waals surface area contributed by atoms with Crippen LogP contribution in [0.25, 0.3) is 0 Å². The first-order valence-corrected chi connectivity index (χ1v) is 8.36. The molecule has 0 saturated carbocycles. The summed E-state index contributed by atoms with van der Waals surface area (Å²) >= 11 is 7.16. The van der Waals surface area contributed by atoms with Gasteiger partial charge in [-0.25, -0.2) is 0 Å². The van der Waals surface area contributed by atoms with E-state index in [0.717, 1.165) is 15.5 Å². The maximum absolute atomic E-state index is 3.60. The molecule has 0 aliphatic carbocycles.